The molecule has 0 atom stereocenters. The fraction of sp³-hybridized carbons (Fsp3) is 0.565. The minimum atomic E-state index is -0.691. The highest BCUT2D eigenvalue weighted by Gasteiger charge is 2.51. The van der Waals surface area contributed by atoms with Crippen molar-refractivity contribution in [3.05, 3.63) is 35.9 Å². The minimum absolute atomic E-state index is 0.111. The molecule has 1 aromatic carbocycles. The zero-order chi connectivity index (χ0) is 21.8. The van der Waals surface area contributed by atoms with E-state index in [2.05, 4.69) is 16.2 Å². The molecule has 4 aliphatic rings. The number of hydrogen-bond donors (Lipinski definition) is 3. The van der Waals surface area contributed by atoms with E-state index in [0.29, 0.717) is 12.0 Å². The summed E-state index contributed by atoms with van der Waals surface area (Å²) in [6, 6.07) is 8.39. The van der Waals surface area contributed by atoms with Crippen LogP contribution in [0.15, 0.2) is 30.3 Å². The smallest absolute Gasteiger partial charge is 0.325 e. The maximum atomic E-state index is 12.4. The van der Waals surface area contributed by atoms with Crippen molar-refractivity contribution in [3.63, 3.8) is 0 Å². The van der Waals surface area contributed by atoms with Gasteiger partial charge >= 0.3 is 5.97 Å². The van der Waals surface area contributed by atoms with E-state index in [1.165, 1.54) is 19.3 Å². The molecule has 8 heteroatoms. The van der Waals surface area contributed by atoms with Crippen LogP contribution in [0.25, 0.3) is 0 Å². The highest BCUT2D eigenvalue weighted by atomic mass is 16.5. The van der Waals surface area contributed by atoms with E-state index in [1.807, 2.05) is 0 Å². The van der Waals surface area contributed by atoms with Crippen LogP contribution in [0.4, 0.5) is 0 Å². The van der Waals surface area contributed by atoms with Gasteiger partial charge in [-0.15, -0.1) is 0 Å². The average molecular weight is 428 g/mol. The van der Waals surface area contributed by atoms with Gasteiger partial charge in [0.25, 0.3) is 11.8 Å². The predicted molar refractivity (Wildman–Crippen MR) is 111 cm³/mol. The molecule has 4 fully saturated rings. The van der Waals surface area contributed by atoms with E-state index >= 15 is 0 Å². The molecular formula is C23H29N3O5. The summed E-state index contributed by atoms with van der Waals surface area (Å²) in [5.41, 5.74) is 4.93. The molecule has 0 heterocycles. The number of carbonyl (C=O) groups is 4. The number of esters is 1. The van der Waals surface area contributed by atoms with E-state index in [1.54, 1.807) is 30.3 Å². The molecule has 0 saturated heterocycles. The molecule has 4 saturated carbocycles. The van der Waals surface area contributed by atoms with Gasteiger partial charge in [0, 0.05) is 12.0 Å². The summed E-state index contributed by atoms with van der Waals surface area (Å²) in [7, 11) is 0. The summed E-state index contributed by atoms with van der Waals surface area (Å²) < 4.78 is 4.87. The molecule has 31 heavy (non-hydrogen) atoms. The van der Waals surface area contributed by atoms with Crippen LogP contribution in [0.3, 0.4) is 0 Å². The van der Waals surface area contributed by atoms with Gasteiger partial charge in [-0.05, 0) is 73.8 Å². The van der Waals surface area contributed by atoms with E-state index in [4.69, 9.17) is 4.74 Å². The Morgan fingerprint density at radius 1 is 0.871 bits per heavy atom. The molecule has 3 amide bonds. The molecule has 0 radical (unpaired) electrons. The summed E-state index contributed by atoms with van der Waals surface area (Å²) in [4.78, 5) is 47.9. The molecule has 3 N–H and O–H groups in total. The molecule has 166 valence electrons. The highest BCUT2D eigenvalue weighted by Crippen LogP contribution is 2.61. The van der Waals surface area contributed by atoms with Crippen molar-refractivity contribution >= 4 is 23.7 Å². The number of rotatable bonds is 7. The van der Waals surface area contributed by atoms with Crippen LogP contribution < -0.4 is 16.2 Å². The highest BCUT2D eigenvalue weighted by molar-refractivity contribution is 5.95. The first-order chi connectivity index (χ1) is 14.9. The quantitative estimate of drug-likeness (QED) is 0.453. The van der Waals surface area contributed by atoms with Gasteiger partial charge in [-0.25, -0.2) is 0 Å². The number of hydrogen-bond acceptors (Lipinski definition) is 5. The number of carbonyl (C=O) groups excluding carboxylic acids is 4. The van der Waals surface area contributed by atoms with Crippen LogP contribution in [0.1, 0.15) is 55.3 Å². The van der Waals surface area contributed by atoms with Crippen molar-refractivity contribution in [1.82, 2.24) is 16.2 Å². The molecular weight excluding hydrogens is 398 g/mol. The van der Waals surface area contributed by atoms with Crippen molar-refractivity contribution in [1.29, 1.82) is 0 Å². The van der Waals surface area contributed by atoms with Gasteiger partial charge in [0.15, 0.2) is 6.61 Å². The van der Waals surface area contributed by atoms with Crippen molar-refractivity contribution in [3.8, 4) is 0 Å². The van der Waals surface area contributed by atoms with Crippen LogP contribution in [-0.4, -0.2) is 36.8 Å². The topological polar surface area (TPSA) is 114 Å². The van der Waals surface area contributed by atoms with Gasteiger partial charge in [-0.2, -0.15) is 0 Å². The van der Waals surface area contributed by atoms with Crippen LogP contribution in [0.5, 0.6) is 0 Å². The Labute approximate surface area is 181 Å². The lowest BCUT2D eigenvalue weighted by Gasteiger charge is -2.56. The van der Waals surface area contributed by atoms with Crippen LogP contribution in [0, 0.1) is 23.2 Å². The van der Waals surface area contributed by atoms with E-state index in [9.17, 15) is 19.2 Å². The molecule has 4 aliphatic carbocycles. The van der Waals surface area contributed by atoms with E-state index in [-0.39, 0.29) is 17.9 Å². The Balaban J connectivity index is 1.12. The van der Waals surface area contributed by atoms with Gasteiger partial charge in [-0.3, -0.25) is 30.0 Å². The van der Waals surface area contributed by atoms with E-state index in [0.717, 1.165) is 37.0 Å². The maximum Gasteiger partial charge on any atom is 0.325 e. The van der Waals surface area contributed by atoms with Crippen molar-refractivity contribution in [2.24, 2.45) is 23.2 Å². The van der Waals surface area contributed by atoms with Crippen molar-refractivity contribution in [2.45, 2.75) is 44.9 Å². The Bertz CT molecular complexity index is 819. The monoisotopic (exact) mass is 427 g/mol. The Kier molecular flexibility index (Phi) is 6.25. The normalized spacial score (nSPS) is 27.9. The third-order valence-corrected chi connectivity index (χ3v) is 6.85. The fourth-order valence-corrected chi connectivity index (χ4v) is 6.10. The third kappa shape index (κ3) is 5.42. The maximum absolute atomic E-state index is 12.4. The number of nitrogens with one attached hydrogen (secondary N) is 3. The molecule has 8 nitrogen and oxygen atoms in total. The number of amides is 3. The van der Waals surface area contributed by atoms with Crippen LogP contribution in [0.2, 0.25) is 0 Å². The van der Waals surface area contributed by atoms with Gasteiger partial charge in [0.05, 0.1) is 0 Å². The Morgan fingerprint density at radius 2 is 1.48 bits per heavy atom. The van der Waals surface area contributed by atoms with Crippen LogP contribution >= 0.6 is 0 Å². The minimum Gasteiger partial charge on any atom is -0.454 e. The molecule has 4 bridgehead atoms. The first-order valence-corrected chi connectivity index (χ1v) is 11.0. The van der Waals surface area contributed by atoms with Gasteiger partial charge in [0.2, 0.25) is 5.91 Å². The predicted octanol–water partition coefficient (Wildman–Crippen LogP) is 1.71. The largest absolute Gasteiger partial charge is 0.454 e. The zero-order valence-electron chi connectivity index (χ0n) is 17.5. The second kappa shape index (κ2) is 9.08. The standard InChI is InChI=1S/C23H29N3O5/c27-19(12-23-9-15-6-16(10-23)8-17(7-15)11-23)24-13-21(29)31-14-20(28)25-26-22(30)18-4-2-1-3-5-18/h1-5,15-17H,6-14H2,(H,24,27)(H,25,28)(H,26,30). The van der Waals surface area contributed by atoms with Gasteiger partial charge < -0.3 is 10.1 Å². The first kappa shape index (κ1) is 21.3. The molecule has 0 aliphatic heterocycles. The number of ether oxygens (including phenoxy) is 1. The number of hydrazine groups is 1. The zero-order valence-corrected chi connectivity index (χ0v) is 17.5. The number of benzene rings is 1. The first-order valence-electron chi connectivity index (χ1n) is 11.0. The second-order valence-electron chi connectivity index (χ2n) is 9.40. The lowest BCUT2D eigenvalue weighted by molar-refractivity contribution is -0.149. The molecule has 0 unspecified atom stereocenters. The SMILES string of the molecule is O=C(CC12CC3CC(CC(C3)C1)C2)NCC(=O)OCC(=O)NNC(=O)c1ccccc1. The summed E-state index contributed by atoms with van der Waals surface area (Å²) >= 11 is 0. The Hall–Kier alpha value is -2.90. The second-order valence-corrected chi connectivity index (χ2v) is 9.40. The summed E-state index contributed by atoms with van der Waals surface area (Å²) in [6.45, 7) is -0.812. The average Bonchev–Trinajstić information content (AvgIpc) is 2.74. The molecule has 0 spiro atoms. The van der Waals surface area contributed by atoms with Crippen molar-refractivity contribution < 1.29 is 23.9 Å². The third-order valence-electron chi connectivity index (χ3n) is 6.85. The van der Waals surface area contributed by atoms with Gasteiger partial charge in [-0.1, -0.05) is 18.2 Å². The molecule has 1 aromatic rings. The lowest BCUT2D eigenvalue weighted by Crippen LogP contribution is -2.48. The Morgan fingerprint density at radius 3 is 2.10 bits per heavy atom. The molecule has 0 aromatic heterocycles. The summed E-state index contributed by atoms with van der Waals surface area (Å²) in [6.07, 6.45) is 7.82. The summed E-state index contributed by atoms with van der Waals surface area (Å²) in [5, 5.41) is 2.64. The van der Waals surface area contributed by atoms with E-state index < -0.39 is 24.4 Å². The van der Waals surface area contributed by atoms with Crippen molar-refractivity contribution in [2.75, 3.05) is 13.2 Å². The van der Waals surface area contributed by atoms with Crippen LogP contribution in [-0.2, 0) is 19.1 Å². The molecule has 5 rings (SSSR count). The van der Waals surface area contributed by atoms with Gasteiger partial charge in [0.1, 0.15) is 6.54 Å². The summed E-state index contributed by atoms with van der Waals surface area (Å²) in [5.74, 6) is 0.344. The fourth-order valence-electron chi connectivity index (χ4n) is 6.10. The lowest BCUT2D eigenvalue weighted by atomic mass is 9.49.